The molecule has 1 saturated heterocycles. The smallest absolute Gasteiger partial charge is 0.308 e. The van der Waals surface area contributed by atoms with Crippen molar-refractivity contribution in [3.63, 3.8) is 0 Å². The third-order valence-electron chi connectivity index (χ3n) is 3.53. The van der Waals surface area contributed by atoms with Crippen LogP contribution in [0.2, 0.25) is 0 Å². The summed E-state index contributed by atoms with van der Waals surface area (Å²) < 4.78 is 0. The molecule has 78 valence electrons. The minimum Gasteiger partial charge on any atom is -0.481 e. The normalized spacial score (nSPS) is 33.9. The van der Waals surface area contributed by atoms with E-state index in [0.717, 1.165) is 38.8 Å². The molecule has 0 spiro atoms. The van der Waals surface area contributed by atoms with Gasteiger partial charge >= 0.3 is 5.97 Å². The van der Waals surface area contributed by atoms with Gasteiger partial charge in [0.1, 0.15) is 0 Å². The second-order valence-corrected chi connectivity index (χ2v) is 4.38. The fraction of sp³-hybridized carbons (Fsp3) is 0.727. The Morgan fingerprint density at radius 3 is 2.43 bits per heavy atom. The van der Waals surface area contributed by atoms with Crippen LogP contribution in [-0.2, 0) is 4.79 Å². The first-order chi connectivity index (χ1) is 6.68. The molecule has 3 heteroatoms. The molecule has 2 atom stereocenters. The van der Waals surface area contributed by atoms with E-state index >= 15 is 0 Å². The molecule has 1 N–H and O–H groups in total. The van der Waals surface area contributed by atoms with E-state index in [9.17, 15) is 4.79 Å². The zero-order valence-electron chi connectivity index (χ0n) is 8.41. The molecule has 1 heterocycles. The van der Waals surface area contributed by atoms with Gasteiger partial charge in [-0.25, -0.2) is 0 Å². The zero-order valence-corrected chi connectivity index (χ0v) is 8.41. The van der Waals surface area contributed by atoms with Crippen LogP contribution in [0.15, 0.2) is 12.2 Å². The summed E-state index contributed by atoms with van der Waals surface area (Å²) in [7, 11) is 0. The highest BCUT2D eigenvalue weighted by Crippen LogP contribution is 2.34. The van der Waals surface area contributed by atoms with Crippen LogP contribution in [0, 0.1) is 5.92 Å². The maximum atomic E-state index is 10.9. The Balaban J connectivity index is 1.90. The molecule has 0 amide bonds. The maximum absolute atomic E-state index is 10.9. The maximum Gasteiger partial charge on any atom is 0.308 e. The van der Waals surface area contributed by atoms with Gasteiger partial charge in [0, 0.05) is 19.1 Å². The van der Waals surface area contributed by atoms with Crippen LogP contribution in [0.3, 0.4) is 0 Å². The van der Waals surface area contributed by atoms with Crippen LogP contribution in [0.1, 0.15) is 25.7 Å². The predicted octanol–water partition coefficient (Wildman–Crippen LogP) is 1.50. The highest BCUT2D eigenvalue weighted by Gasteiger charge is 2.40. The van der Waals surface area contributed by atoms with E-state index in [0.29, 0.717) is 6.04 Å². The standard InChI is InChI=1S/C11H17NO2/c1-8-4-6-12(7-5-8)10-3-2-9(10)11(13)14/h9-10H,1-7H2,(H,13,14). The topological polar surface area (TPSA) is 40.5 Å². The molecule has 0 bridgehead atoms. The third kappa shape index (κ3) is 1.69. The van der Waals surface area contributed by atoms with Crippen LogP contribution in [-0.4, -0.2) is 35.1 Å². The summed E-state index contributed by atoms with van der Waals surface area (Å²) >= 11 is 0. The lowest BCUT2D eigenvalue weighted by Crippen LogP contribution is -2.51. The van der Waals surface area contributed by atoms with Gasteiger partial charge in [0.25, 0.3) is 0 Å². The van der Waals surface area contributed by atoms with Gasteiger partial charge in [0.2, 0.25) is 0 Å². The molecule has 0 radical (unpaired) electrons. The summed E-state index contributed by atoms with van der Waals surface area (Å²) in [5.41, 5.74) is 1.31. The van der Waals surface area contributed by atoms with E-state index in [4.69, 9.17) is 5.11 Å². The number of carboxylic acid groups (broad SMARTS) is 1. The number of hydrogen-bond donors (Lipinski definition) is 1. The van der Waals surface area contributed by atoms with Crippen LogP contribution in [0.5, 0.6) is 0 Å². The van der Waals surface area contributed by atoms with E-state index < -0.39 is 5.97 Å². The summed E-state index contributed by atoms with van der Waals surface area (Å²) in [6.45, 7) is 5.98. The number of rotatable bonds is 2. The molecule has 2 fully saturated rings. The Morgan fingerprint density at radius 2 is 2.00 bits per heavy atom. The van der Waals surface area contributed by atoms with Gasteiger partial charge in [0.05, 0.1) is 5.92 Å². The van der Waals surface area contributed by atoms with Gasteiger partial charge in [-0.2, -0.15) is 0 Å². The lowest BCUT2D eigenvalue weighted by Gasteiger charge is -2.44. The highest BCUT2D eigenvalue weighted by molar-refractivity contribution is 5.72. The zero-order chi connectivity index (χ0) is 10.1. The van der Waals surface area contributed by atoms with Gasteiger partial charge in [-0.1, -0.05) is 12.2 Å². The first-order valence-corrected chi connectivity index (χ1v) is 5.32. The molecule has 1 aliphatic carbocycles. The largest absolute Gasteiger partial charge is 0.481 e. The molecule has 0 aromatic carbocycles. The number of likely N-dealkylation sites (tertiary alicyclic amines) is 1. The Morgan fingerprint density at radius 1 is 1.36 bits per heavy atom. The number of hydrogen-bond acceptors (Lipinski definition) is 2. The minimum atomic E-state index is -0.620. The number of aliphatic carboxylic acids is 1. The lowest BCUT2D eigenvalue weighted by atomic mass is 9.78. The van der Waals surface area contributed by atoms with Crippen molar-refractivity contribution in [2.24, 2.45) is 5.92 Å². The average molecular weight is 195 g/mol. The van der Waals surface area contributed by atoms with Crippen LogP contribution in [0.25, 0.3) is 0 Å². The molecule has 2 unspecified atom stereocenters. The highest BCUT2D eigenvalue weighted by atomic mass is 16.4. The number of carbonyl (C=O) groups is 1. The molecule has 2 rings (SSSR count). The summed E-state index contributed by atoms with van der Waals surface area (Å²) in [6.07, 6.45) is 4.01. The van der Waals surface area contributed by atoms with E-state index in [1.807, 2.05) is 0 Å². The molecule has 14 heavy (non-hydrogen) atoms. The molecule has 0 aromatic heterocycles. The summed E-state index contributed by atoms with van der Waals surface area (Å²) in [6, 6.07) is 0.306. The van der Waals surface area contributed by atoms with E-state index in [2.05, 4.69) is 11.5 Å². The van der Waals surface area contributed by atoms with Gasteiger partial charge in [-0.05, 0) is 25.7 Å². The minimum absolute atomic E-state index is 0.110. The number of piperidine rings is 1. The van der Waals surface area contributed by atoms with Crippen molar-refractivity contribution < 1.29 is 9.90 Å². The second-order valence-electron chi connectivity index (χ2n) is 4.38. The summed E-state index contributed by atoms with van der Waals surface area (Å²) in [4.78, 5) is 13.2. The number of nitrogens with zero attached hydrogens (tertiary/aromatic N) is 1. The molecular weight excluding hydrogens is 178 g/mol. The Kier molecular flexibility index (Phi) is 2.59. The molecule has 2 aliphatic rings. The third-order valence-corrected chi connectivity index (χ3v) is 3.53. The SMILES string of the molecule is C=C1CCN(C2CCC2C(=O)O)CC1. The van der Waals surface area contributed by atoms with Gasteiger partial charge in [-0.15, -0.1) is 0 Å². The van der Waals surface area contributed by atoms with Crippen LogP contribution in [0.4, 0.5) is 0 Å². The van der Waals surface area contributed by atoms with Crippen molar-refractivity contribution in [1.29, 1.82) is 0 Å². The lowest BCUT2D eigenvalue weighted by molar-refractivity contribution is -0.149. The predicted molar refractivity (Wildman–Crippen MR) is 54.1 cm³/mol. The molecule has 3 nitrogen and oxygen atoms in total. The van der Waals surface area contributed by atoms with Crippen molar-refractivity contribution >= 4 is 5.97 Å². The fourth-order valence-electron chi connectivity index (χ4n) is 2.38. The first-order valence-electron chi connectivity index (χ1n) is 5.32. The van der Waals surface area contributed by atoms with Crippen molar-refractivity contribution in [2.75, 3.05) is 13.1 Å². The van der Waals surface area contributed by atoms with E-state index in [1.165, 1.54) is 5.57 Å². The van der Waals surface area contributed by atoms with Crippen molar-refractivity contribution in [1.82, 2.24) is 4.90 Å². The Hall–Kier alpha value is -0.830. The monoisotopic (exact) mass is 195 g/mol. The van der Waals surface area contributed by atoms with E-state index in [1.54, 1.807) is 0 Å². The first kappa shape index (κ1) is 9.71. The van der Waals surface area contributed by atoms with Gasteiger partial charge in [-0.3, -0.25) is 9.69 Å². The van der Waals surface area contributed by atoms with Gasteiger partial charge in [0.15, 0.2) is 0 Å². The summed E-state index contributed by atoms with van der Waals surface area (Å²) in [5, 5.41) is 8.94. The van der Waals surface area contributed by atoms with Crippen LogP contribution < -0.4 is 0 Å². The van der Waals surface area contributed by atoms with E-state index in [-0.39, 0.29) is 5.92 Å². The Labute approximate surface area is 84.4 Å². The second kappa shape index (κ2) is 3.73. The average Bonchev–Trinajstić information content (AvgIpc) is 2.05. The molecule has 0 aromatic rings. The molecular formula is C11H17NO2. The fourth-order valence-corrected chi connectivity index (χ4v) is 2.38. The number of carboxylic acids is 1. The van der Waals surface area contributed by atoms with Crippen LogP contribution >= 0.6 is 0 Å². The Bertz CT molecular complexity index is 252. The summed E-state index contributed by atoms with van der Waals surface area (Å²) in [5.74, 6) is -0.730. The van der Waals surface area contributed by atoms with Crippen molar-refractivity contribution in [2.45, 2.75) is 31.7 Å². The van der Waals surface area contributed by atoms with Crippen molar-refractivity contribution in [3.8, 4) is 0 Å². The molecule has 1 saturated carbocycles. The van der Waals surface area contributed by atoms with Crippen molar-refractivity contribution in [3.05, 3.63) is 12.2 Å². The quantitative estimate of drug-likeness (QED) is 0.679. The van der Waals surface area contributed by atoms with Gasteiger partial charge < -0.3 is 5.11 Å². The molecule has 1 aliphatic heterocycles.